The van der Waals surface area contributed by atoms with Gasteiger partial charge in [0.25, 0.3) is 5.91 Å². The first-order chi connectivity index (χ1) is 11.1. The second-order valence-corrected chi connectivity index (χ2v) is 6.22. The molecule has 0 unspecified atom stereocenters. The summed E-state index contributed by atoms with van der Waals surface area (Å²) >= 11 is 3.48. The van der Waals surface area contributed by atoms with Crippen molar-refractivity contribution in [3.63, 3.8) is 0 Å². The number of aryl methyl sites for hydroxylation is 2. The van der Waals surface area contributed by atoms with Gasteiger partial charge in [0.2, 0.25) is 0 Å². The molecule has 1 N–H and O–H groups in total. The van der Waals surface area contributed by atoms with Gasteiger partial charge in [-0.1, -0.05) is 13.0 Å². The van der Waals surface area contributed by atoms with E-state index >= 15 is 0 Å². The third-order valence-electron chi connectivity index (χ3n) is 3.65. The van der Waals surface area contributed by atoms with E-state index in [0.717, 1.165) is 27.1 Å². The van der Waals surface area contributed by atoms with Crippen molar-refractivity contribution in [1.29, 1.82) is 0 Å². The molecule has 3 rings (SSSR count). The molecule has 3 aromatic rings. The molecule has 0 radical (unpaired) electrons. The Bertz CT molecular complexity index is 858. The van der Waals surface area contributed by atoms with E-state index in [4.69, 9.17) is 0 Å². The smallest absolute Gasteiger partial charge is 0.270 e. The molecule has 0 aromatic carbocycles. The number of pyridine rings is 2. The molecule has 0 saturated carbocycles. The molecule has 0 fully saturated rings. The van der Waals surface area contributed by atoms with Crippen LogP contribution in [-0.4, -0.2) is 20.3 Å². The Labute approximate surface area is 142 Å². The van der Waals surface area contributed by atoms with E-state index in [0.29, 0.717) is 18.7 Å². The number of imidazole rings is 1. The minimum atomic E-state index is -0.141. The second-order valence-electron chi connectivity index (χ2n) is 5.30. The lowest BCUT2D eigenvalue weighted by molar-refractivity contribution is 0.0943. The van der Waals surface area contributed by atoms with Crippen LogP contribution in [0.2, 0.25) is 0 Å². The SMILES string of the molecule is CCc1nc2c(C)cc(Br)cn2c1C(=O)NCc1ccccn1. The Morgan fingerprint density at radius 3 is 2.91 bits per heavy atom. The van der Waals surface area contributed by atoms with Crippen molar-refractivity contribution in [3.8, 4) is 0 Å². The number of halogens is 1. The van der Waals surface area contributed by atoms with Crippen LogP contribution in [0.1, 0.15) is 34.4 Å². The molecule has 0 aliphatic carbocycles. The lowest BCUT2D eigenvalue weighted by Gasteiger charge is -2.07. The van der Waals surface area contributed by atoms with E-state index in [2.05, 4.69) is 31.2 Å². The first kappa shape index (κ1) is 15.7. The predicted octanol–water partition coefficient (Wildman–Crippen LogP) is 3.29. The molecule has 0 aliphatic rings. The Hall–Kier alpha value is -2.21. The fourth-order valence-corrected chi connectivity index (χ4v) is 3.11. The van der Waals surface area contributed by atoms with E-state index in [1.807, 2.05) is 48.7 Å². The van der Waals surface area contributed by atoms with E-state index in [1.165, 1.54) is 0 Å². The van der Waals surface area contributed by atoms with Crippen LogP contribution in [0.15, 0.2) is 41.1 Å². The van der Waals surface area contributed by atoms with Gasteiger partial charge in [0.05, 0.1) is 17.9 Å². The number of fused-ring (bicyclic) bond motifs is 1. The fraction of sp³-hybridized carbons (Fsp3) is 0.235. The summed E-state index contributed by atoms with van der Waals surface area (Å²) in [6.45, 7) is 4.38. The fourth-order valence-electron chi connectivity index (χ4n) is 2.56. The van der Waals surface area contributed by atoms with Gasteiger partial charge in [-0.25, -0.2) is 4.98 Å². The number of hydrogen-bond acceptors (Lipinski definition) is 3. The summed E-state index contributed by atoms with van der Waals surface area (Å²) in [6, 6.07) is 7.64. The van der Waals surface area contributed by atoms with Crippen LogP contribution in [0.4, 0.5) is 0 Å². The van der Waals surface area contributed by atoms with Crippen molar-refractivity contribution in [2.24, 2.45) is 0 Å². The van der Waals surface area contributed by atoms with Crippen LogP contribution in [0.5, 0.6) is 0 Å². The van der Waals surface area contributed by atoms with Crippen molar-refractivity contribution in [2.75, 3.05) is 0 Å². The summed E-state index contributed by atoms with van der Waals surface area (Å²) in [5, 5.41) is 2.93. The van der Waals surface area contributed by atoms with Gasteiger partial charge in [-0.2, -0.15) is 0 Å². The van der Waals surface area contributed by atoms with Crippen LogP contribution in [0.25, 0.3) is 5.65 Å². The first-order valence-corrected chi connectivity index (χ1v) is 8.24. The highest BCUT2D eigenvalue weighted by atomic mass is 79.9. The third-order valence-corrected chi connectivity index (χ3v) is 4.08. The number of nitrogens with zero attached hydrogens (tertiary/aromatic N) is 3. The summed E-state index contributed by atoms with van der Waals surface area (Å²) in [4.78, 5) is 21.5. The largest absolute Gasteiger partial charge is 0.345 e. The molecule has 118 valence electrons. The molecular formula is C17H17BrN4O. The lowest BCUT2D eigenvalue weighted by Crippen LogP contribution is -2.25. The molecule has 0 spiro atoms. The highest BCUT2D eigenvalue weighted by molar-refractivity contribution is 9.10. The second kappa shape index (κ2) is 6.50. The number of aromatic nitrogens is 3. The Morgan fingerprint density at radius 2 is 2.22 bits per heavy atom. The topological polar surface area (TPSA) is 59.3 Å². The highest BCUT2D eigenvalue weighted by Gasteiger charge is 2.19. The van der Waals surface area contributed by atoms with Gasteiger partial charge in [0.15, 0.2) is 0 Å². The molecule has 5 nitrogen and oxygen atoms in total. The molecular weight excluding hydrogens is 356 g/mol. The zero-order chi connectivity index (χ0) is 16.4. The average molecular weight is 373 g/mol. The van der Waals surface area contributed by atoms with E-state index in [1.54, 1.807) is 6.20 Å². The average Bonchev–Trinajstić information content (AvgIpc) is 2.92. The van der Waals surface area contributed by atoms with E-state index in [9.17, 15) is 4.79 Å². The summed E-state index contributed by atoms with van der Waals surface area (Å²) in [5.41, 5.74) is 4.04. The first-order valence-electron chi connectivity index (χ1n) is 7.45. The van der Waals surface area contributed by atoms with Crippen LogP contribution in [0, 0.1) is 6.92 Å². The number of hydrogen-bond donors (Lipinski definition) is 1. The van der Waals surface area contributed by atoms with Gasteiger partial charge in [-0.05, 0) is 53.0 Å². The van der Waals surface area contributed by atoms with Crippen LogP contribution in [-0.2, 0) is 13.0 Å². The van der Waals surface area contributed by atoms with Crippen molar-refractivity contribution < 1.29 is 4.79 Å². The van der Waals surface area contributed by atoms with Crippen LogP contribution < -0.4 is 5.32 Å². The van der Waals surface area contributed by atoms with Gasteiger partial charge in [-0.15, -0.1) is 0 Å². The Balaban J connectivity index is 1.96. The third kappa shape index (κ3) is 3.12. The monoisotopic (exact) mass is 372 g/mol. The van der Waals surface area contributed by atoms with Crippen LogP contribution >= 0.6 is 15.9 Å². The highest BCUT2D eigenvalue weighted by Crippen LogP contribution is 2.21. The van der Waals surface area contributed by atoms with Crippen molar-refractivity contribution in [2.45, 2.75) is 26.8 Å². The van der Waals surface area contributed by atoms with Gasteiger partial charge < -0.3 is 5.32 Å². The van der Waals surface area contributed by atoms with Crippen molar-refractivity contribution >= 4 is 27.5 Å². The maximum Gasteiger partial charge on any atom is 0.270 e. The van der Waals surface area contributed by atoms with E-state index < -0.39 is 0 Å². The standard InChI is InChI=1S/C17H17BrN4O/c1-3-14-15(17(23)20-9-13-6-4-5-7-19-13)22-10-12(18)8-11(2)16(22)21-14/h4-8,10H,3,9H2,1-2H3,(H,20,23). The predicted molar refractivity (Wildman–Crippen MR) is 92.4 cm³/mol. The van der Waals surface area contributed by atoms with Gasteiger partial charge >= 0.3 is 0 Å². The molecule has 0 bridgehead atoms. The van der Waals surface area contributed by atoms with Gasteiger partial charge in [-0.3, -0.25) is 14.2 Å². The number of nitrogens with one attached hydrogen (secondary N) is 1. The van der Waals surface area contributed by atoms with E-state index in [-0.39, 0.29) is 5.91 Å². The molecule has 6 heteroatoms. The number of carbonyl (C=O) groups excluding carboxylic acids is 1. The van der Waals surface area contributed by atoms with Crippen molar-refractivity contribution in [1.82, 2.24) is 19.7 Å². The molecule has 1 amide bonds. The summed E-state index contributed by atoms with van der Waals surface area (Å²) < 4.78 is 2.77. The number of amides is 1. The maximum atomic E-state index is 12.7. The normalized spacial score (nSPS) is 10.9. The number of carbonyl (C=O) groups is 1. The molecule has 3 heterocycles. The molecule has 0 saturated heterocycles. The molecule has 0 aliphatic heterocycles. The summed E-state index contributed by atoms with van der Waals surface area (Å²) in [6.07, 6.45) is 4.29. The van der Waals surface area contributed by atoms with Gasteiger partial charge in [0.1, 0.15) is 11.3 Å². The summed E-state index contributed by atoms with van der Waals surface area (Å²) in [5.74, 6) is -0.141. The number of rotatable bonds is 4. The zero-order valence-electron chi connectivity index (χ0n) is 13.0. The van der Waals surface area contributed by atoms with Gasteiger partial charge in [0, 0.05) is 16.9 Å². The Kier molecular flexibility index (Phi) is 4.43. The quantitative estimate of drug-likeness (QED) is 0.764. The Morgan fingerprint density at radius 1 is 1.39 bits per heavy atom. The zero-order valence-corrected chi connectivity index (χ0v) is 14.6. The molecule has 0 atom stereocenters. The lowest BCUT2D eigenvalue weighted by atomic mass is 10.2. The molecule has 23 heavy (non-hydrogen) atoms. The maximum absolute atomic E-state index is 12.7. The minimum absolute atomic E-state index is 0.141. The van der Waals surface area contributed by atoms with Crippen LogP contribution in [0.3, 0.4) is 0 Å². The minimum Gasteiger partial charge on any atom is -0.345 e. The summed E-state index contributed by atoms with van der Waals surface area (Å²) in [7, 11) is 0. The van der Waals surface area contributed by atoms with Crippen molar-refractivity contribution in [3.05, 3.63) is 63.8 Å². The molecule has 3 aromatic heterocycles.